The molecule has 20 heavy (non-hydrogen) atoms. The number of amides is 2. The molecular weight excluding hydrogens is 254 g/mol. The Balaban J connectivity index is 1.80. The van der Waals surface area contributed by atoms with Gasteiger partial charge in [-0.05, 0) is 12.8 Å². The number of nitrogens with zero attached hydrogens (tertiary/aromatic N) is 1. The second-order valence-electron chi connectivity index (χ2n) is 5.69. The van der Waals surface area contributed by atoms with E-state index in [-0.39, 0.29) is 24.3 Å². The molecule has 0 aromatic rings. The number of hydrogen-bond acceptors (Lipinski definition) is 3. The van der Waals surface area contributed by atoms with Crippen LogP contribution in [0.1, 0.15) is 38.5 Å². The highest BCUT2D eigenvalue weighted by molar-refractivity contribution is 5.89. The molecule has 5 nitrogen and oxygen atoms in total. The third kappa shape index (κ3) is 4.07. The van der Waals surface area contributed by atoms with Gasteiger partial charge in [0, 0.05) is 25.7 Å². The highest BCUT2D eigenvalue weighted by Gasteiger charge is 2.29. The monoisotopic (exact) mass is 279 g/mol. The molecule has 0 aromatic carbocycles. The number of carbonyl (C=O) groups is 2. The van der Waals surface area contributed by atoms with E-state index >= 15 is 0 Å². The van der Waals surface area contributed by atoms with E-state index in [1.165, 1.54) is 19.3 Å². The molecule has 2 aliphatic rings. The zero-order valence-electron chi connectivity index (χ0n) is 12.1. The maximum Gasteiger partial charge on any atom is 0.240 e. The Hall–Kier alpha value is -1.36. The summed E-state index contributed by atoms with van der Waals surface area (Å²) in [5.41, 5.74) is 0. The molecule has 1 heterocycles. The molecule has 1 aliphatic carbocycles. The largest absolute Gasteiger partial charge is 0.353 e. The summed E-state index contributed by atoms with van der Waals surface area (Å²) in [5.74, 6) is -0.00172. The first kappa shape index (κ1) is 15.0. The Morgan fingerprint density at radius 1 is 1.40 bits per heavy atom. The first-order valence-corrected chi connectivity index (χ1v) is 7.63. The van der Waals surface area contributed by atoms with Crippen LogP contribution in [0, 0.1) is 0 Å². The van der Waals surface area contributed by atoms with Gasteiger partial charge in [-0.3, -0.25) is 9.59 Å². The van der Waals surface area contributed by atoms with Crippen molar-refractivity contribution in [2.24, 2.45) is 0 Å². The van der Waals surface area contributed by atoms with E-state index in [4.69, 9.17) is 0 Å². The summed E-state index contributed by atoms with van der Waals surface area (Å²) in [6.07, 6.45) is 7.76. The SMILES string of the molecule is C=CCN1CCNC(CC(=O)NC2CCCCC2)C1=O. The Bertz CT molecular complexity index is 364. The highest BCUT2D eigenvalue weighted by atomic mass is 16.2. The van der Waals surface area contributed by atoms with Crippen molar-refractivity contribution in [3.05, 3.63) is 12.7 Å². The zero-order valence-corrected chi connectivity index (χ0v) is 12.1. The number of hydrogen-bond donors (Lipinski definition) is 2. The molecule has 2 amide bonds. The summed E-state index contributed by atoms with van der Waals surface area (Å²) >= 11 is 0. The van der Waals surface area contributed by atoms with Crippen molar-refractivity contribution >= 4 is 11.8 Å². The second kappa shape index (κ2) is 7.43. The topological polar surface area (TPSA) is 61.4 Å². The molecule has 1 atom stereocenters. The predicted molar refractivity (Wildman–Crippen MR) is 78.2 cm³/mol. The molecule has 1 saturated carbocycles. The fourth-order valence-electron chi connectivity index (χ4n) is 3.01. The maximum absolute atomic E-state index is 12.2. The minimum absolute atomic E-state index is 0.00921. The summed E-state index contributed by atoms with van der Waals surface area (Å²) in [6.45, 7) is 5.64. The van der Waals surface area contributed by atoms with Crippen molar-refractivity contribution in [2.75, 3.05) is 19.6 Å². The molecule has 0 bridgehead atoms. The molecule has 1 aliphatic heterocycles. The van der Waals surface area contributed by atoms with Crippen molar-refractivity contribution in [1.82, 2.24) is 15.5 Å². The van der Waals surface area contributed by atoms with Crippen molar-refractivity contribution < 1.29 is 9.59 Å². The van der Waals surface area contributed by atoms with Crippen LogP contribution in [-0.4, -0.2) is 48.4 Å². The van der Waals surface area contributed by atoms with E-state index in [1.807, 2.05) is 0 Å². The van der Waals surface area contributed by atoms with Gasteiger partial charge in [0.05, 0.1) is 12.5 Å². The fraction of sp³-hybridized carbons (Fsp3) is 0.733. The summed E-state index contributed by atoms with van der Waals surface area (Å²) < 4.78 is 0. The van der Waals surface area contributed by atoms with Crippen molar-refractivity contribution in [3.8, 4) is 0 Å². The van der Waals surface area contributed by atoms with Gasteiger partial charge in [0.15, 0.2) is 0 Å². The van der Waals surface area contributed by atoms with E-state index in [9.17, 15) is 9.59 Å². The van der Waals surface area contributed by atoms with Crippen LogP contribution in [0.25, 0.3) is 0 Å². The van der Waals surface area contributed by atoms with Crippen LogP contribution in [0.2, 0.25) is 0 Å². The molecule has 2 N–H and O–H groups in total. The Morgan fingerprint density at radius 2 is 2.15 bits per heavy atom. The number of rotatable bonds is 5. The number of nitrogens with one attached hydrogen (secondary N) is 2. The van der Waals surface area contributed by atoms with Gasteiger partial charge < -0.3 is 15.5 Å². The Morgan fingerprint density at radius 3 is 2.85 bits per heavy atom. The molecule has 1 saturated heterocycles. The third-order valence-corrected chi connectivity index (χ3v) is 4.09. The van der Waals surface area contributed by atoms with E-state index < -0.39 is 0 Å². The van der Waals surface area contributed by atoms with E-state index in [0.29, 0.717) is 19.1 Å². The number of carbonyl (C=O) groups excluding carboxylic acids is 2. The normalized spacial score (nSPS) is 24.5. The van der Waals surface area contributed by atoms with Gasteiger partial charge in [-0.2, -0.15) is 0 Å². The standard InChI is InChI=1S/C15H25N3O2/c1-2-9-18-10-8-16-13(15(18)20)11-14(19)17-12-6-4-3-5-7-12/h2,12-13,16H,1,3-11H2,(H,17,19). The lowest BCUT2D eigenvalue weighted by Gasteiger charge is -2.32. The predicted octanol–water partition coefficient (Wildman–Crippen LogP) is 0.812. The lowest BCUT2D eigenvalue weighted by molar-refractivity contribution is -0.137. The van der Waals surface area contributed by atoms with Gasteiger partial charge in [0.2, 0.25) is 11.8 Å². The minimum Gasteiger partial charge on any atom is -0.353 e. The van der Waals surface area contributed by atoms with E-state index in [1.54, 1.807) is 11.0 Å². The van der Waals surface area contributed by atoms with E-state index in [2.05, 4.69) is 17.2 Å². The second-order valence-corrected chi connectivity index (χ2v) is 5.69. The van der Waals surface area contributed by atoms with Crippen LogP contribution in [-0.2, 0) is 9.59 Å². The van der Waals surface area contributed by atoms with Gasteiger partial charge in [0.1, 0.15) is 0 Å². The van der Waals surface area contributed by atoms with Crippen molar-refractivity contribution in [1.29, 1.82) is 0 Å². The van der Waals surface area contributed by atoms with Gasteiger partial charge in [-0.1, -0.05) is 25.3 Å². The number of piperazine rings is 1. The van der Waals surface area contributed by atoms with Gasteiger partial charge >= 0.3 is 0 Å². The molecule has 0 spiro atoms. The average molecular weight is 279 g/mol. The van der Waals surface area contributed by atoms with Gasteiger partial charge in [-0.15, -0.1) is 6.58 Å². The highest BCUT2D eigenvalue weighted by Crippen LogP contribution is 2.17. The Kier molecular flexibility index (Phi) is 5.59. The molecule has 1 unspecified atom stereocenters. The molecular formula is C15H25N3O2. The molecule has 112 valence electrons. The van der Waals surface area contributed by atoms with E-state index in [0.717, 1.165) is 19.4 Å². The van der Waals surface area contributed by atoms with Crippen LogP contribution in [0.4, 0.5) is 0 Å². The molecule has 5 heteroatoms. The lowest BCUT2D eigenvalue weighted by Crippen LogP contribution is -2.56. The first-order valence-electron chi connectivity index (χ1n) is 7.63. The lowest BCUT2D eigenvalue weighted by atomic mass is 9.95. The minimum atomic E-state index is -0.382. The quantitative estimate of drug-likeness (QED) is 0.732. The third-order valence-electron chi connectivity index (χ3n) is 4.09. The average Bonchev–Trinajstić information content (AvgIpc) is 2.44. The van der Waals surface area contributed by atoms with Crippen LogP contribution >= 0.6 is 0 Å². The smallest absolute Gasteiger partial charge is 0.240 e. The first-order chi connectivity index (χ1) is 9.70. The van der Waals surface area contributed by atoms with Crippen LogP contribution < -0.4 is 10.6 Å². The van der Waals surface area contributed by atoms with Crippen LogP contribution in [0.3, 0.4) is 0 Å². The summed E-state index contributed by atoms with van der Waals surface area (Å²) in [6, 6.07) is -0.0773. The zero-order chi connectivity index (χ0) is 14.4. The fourth-order valence-corrected chi connectivity index (χ4v) is 3.01. The molecule has 0 aromatic heterocycles. The molecule has 2 fully saturated rings. The maximum atomic E-state index is 12.2. The summed E-state index contributed by atoms with van der Waals surface area (Å²) in [5, 5.41) is 6.20. The van der Waals surface area contributed by atoms with Crippen molar-refractivity contribution in [2.45, 2.75) is 50.6 Å². The van der Waals surface area contributed by atoms with Gasteiger partial charge in [-0.25, -0.2) is 0 Å². The summed E-state index contributed by atoms with van der Waals surface area (Å²) in [7, 11) is 0. The molecule has 0 radical (unpaired) electrons. The van der Waals surface area contributed by atoms with Gasteiger partial charge in [0.25, 0.3) is 0 Å². The van der Waals surface area contributed by atoms with Crippen LogP contribution in [0.5, 0.6) is 0 Å². The summed E-state index contributed by atoms with van der Waals surface area (Å²) in [4.78, 5) is 26.0. The van der Waals surface area contributed by atoms with Crippen LogP contribution in [0.15, 0.2) is 12.7 Å². The van der Waals surface area contributed by atoms with Crippen molar-refractivity contribution in [3.63, 3.8) is 0 Å². The Labute approximate surface area is 120 Å². The molecule has 2 rings (SSSR count).